The number of carboxylic acid groups (broad SMARTS) is 2. The molecule has 8 N–H and O–H groups in total. The molecule has 0 radical (unpaired) electrons. The summed E-state index contributed by atoms with van der Waals surface area (Å²) in [6.45, 7) is -5.05. The number of nitrogens with one attached hydrogen (secondary N) is 2. The third-order valence-corrected chi connectivity index (χ3v) is 9.28. The molecule has 4 aliphatic rings. The van der Waals surface area contributed by atoms with Gasteiger partial charge in [0.05, 0.1) is 37.7 Å². The Morgan fingerprint density at radius 1 is 0.661 bits per heavy atom. The maximum absolute atomic E-state index is 12.1. The first-order valence-electron chi connectivity index (χ1n) is 17.0. The Kier molecular flexibility index (Phi) is 13.2. The smallest absolute Gasteiger partial charge is 0.669 e. The van der Waals surface area contributed by atoms with Gasteiger partial charge in [0.15, 0.2) is 11.6 Å². The van der Waals surface area contributed by atoms with Crippen LogP contribution in [0, 0.1) is 0 Å². The van der Waals surface area contributed by atoms with Gasteiger partial charge in [0.2, 0.25) is 0 Å². The molecule has 0 saturated carbocycles. The molecule has 284 valence electrons. The number of H-pyrrole nitrogens is 2. The van der Waals surface area contributed by atoms with Crippen LogP contribution in [0.1, 0.15) is 53.1 Å². The summed E-state index contributed by atoms with van der Waals surface area (Å²) in [5.74, 6) is -2.71. The molecule has 0 aliphatic carbocycles. The van der Waals surface area contributed by atoms with E-state index in [1.54, 1.807) is 24.5 Å². The van der Waals surface area contributed by atoms with Crippen molar-refractivity contribution in [1.29, 1.82) is 0 Å². The molecule has 2 saturated heterocycles. The number of aromatic carboxylic acids is 2. The Balaban J connectivity index is 0.000000207. The third kappa shape index (κ3) is 9.20. The first kappa shape index (κ1) is 43.0. The van der Waals surface area contributed by atoms with E-state index in [4.69, 9.17) is 18.8 Å². The van der Waals surface area contributed by atoms with Crippen molar-refractivity contribution >= 4 is 37.3 Å². The van der Waals surface area contributed by atoms with Crippen LogP contribution in [-0.4, -0.2) is 136 Å². The second-order valence-electron chi connectivity index (χ2n) is 13.3. The van der Waals surface area contributed by atoms with Gasteiger partial charge in [-0.3, -0.25) is 9.59 Å². The van der Waals surface area contributed by atoms with Crippen LogP contribution in [0.3, 0.4) is 0 Å². The summed E-state index contributed by atoms with van der Waals surface area (Å²) >= 11 is 0. The van der Waals surface area contributed by atoms with Crippen LogP contribution in [-0.2, 0) is 12.8 Å². The molecule has 0 unspecified atom stereocenters. The van der Waals surface area contributed by atoms with Crippen molar-refractivity contribution in [2.45, 2.75) is 37.7 Å². The molecule has 0 atom stereocenters. The monoisotopic (exact) mass is 794 g/mol. The average molecular weight is 794 g/mol. The number of hydrogen-bond donors (Lipinski definition) is 8. The molecular formula is C32H34B2N6Na2O14. The quantitative estimate of drug-likeness (QED) is 0.0770. The number of aromatic amines is 2. The second kappa shape index (κ2) is 17.2. The van der Waals surface area contributed by atoms with E-state index in [0.717, 1.165) is 0 Å². The summed E-state index contributed by atoms with van der Waals surface area (Å²) < 4.78 is 21.7. The van der Waals surface area contributed by atoms with E-state index < -0.39 is 25.4 Å². The van der Waals surface area contributed by atoms with Crippen LogP contribution in [0.4, 0.5) is 0 Å². The van der Waals surface area contributed by atoms with Gasteiger partial charge >= 0.3 is 84.6 Å². The Morgan fingerprint density at radius 3 is 1.36 bits per heavy atom. The number of ether oxygens (including phenoxy) is 2. The zero-order valence-corrected chi connectivity index (χ0v) is 34.3. The number of likely N-dealkylation sites (tertiary alicyclic amines) is 2. The van der Waals surface area contributed by atoms with Gasteiger partial charge in [0, 0.05) is 24.8 Å². The molecule has 2 aromatic carbocycles. The minimum Gasteiger partial charge on any atom is -0.669 e. The van der Waals surface area contributed by atoms with Crippen molar-refractivity contribution in [2.24, 2.45) is 0 Å². The number of nitrogens with zero attached hydrogens (tertiary/aromatic N) is 4. The van der Waals surface area contributed by atoms with E-state index in [0.29, 0.717) is 11.1 Å². The summed E-state index contributed by atoms with van der Waals surface area (Å²) in [6, 6.07) is 6.34. The Bertz CT molecular complexity index is 1950. The number of carboxylic acids is 2. The number of carbonyl (C=O) groups is 4. The zero-order valence-electron chi connectivity index (χ0n) is 30.3. The van der Waals surface area contributed by atoms with Gasteiger partial charge in [0.25, 0.3) is 11.8 Å². The first-order chi connectivity index (χ1) is 25.7. The van der Waals surface area contributed by atoms with Gasteiger partial charge in [-0.05, 0) is 36.1 Å². The summed E-state index contributed by atoms with van der Waals surface area (Å²) in [7, 11) is 0. The molecule has 2 amide bonds. The molecule has 4 aromatic rings. The average Bonchev–Trinajstić information content (AvgIpc) is 3.81. The van der Waals surface area contributed by atoms with E-state index in [9.17, 15) is 49.5 Å². The van der Waals surface area contributed by atoms with Crippen LogP contribution in [0.5, 0.6) is 23.0 Å². The number of fused-ring (bicyclic) bond motifs is 2. The largest absolute Gasteiger partial charge is 1.00 e. The number of aryl methyl sites for hydroxylation is 2. The number of rotatable bonds is 8. The van der Waals surface area contributed by atoms with Gasteiger partial charge in [-0.25, -0.2) is 19.6 Å². The number of aromatic nitrogens is 4. The number of amides is 2. The van der Waals surface area contributed by atoms with Gasteiger partial charge in [-0.15, -0.1) is 0 Å². The van der Waals surface area contributed by atoms with Gasteiger partial charge in [-0.1, -0.05) is 24.8 Å². The molecule has 2 fully saturated rings. The minimum atomic E-state index is -3.09. The maximum atomic E-state index is 12.1. The van der Waals surface area contributed by atoms with Gasteiger partial charge in [-0.2, -0.15) is 0 Å². The minimum absolute atomic E-state index is 0. The fourth-order valence-corrected chi connectivity index (χ4v) is 6.44. The van der Waals surface area contributed by atoms with Gasteiger partial charge < -0.3 is 68.9 Å². The van der Waals surface area contributed by atoms with Crippen molar-refractivity contribution in [1.82, 2.24) is 29.7 Å². The fourth-order valence-electron chi connectivity index (χ4n) is 6.44. The van der Waals surface area contributed by atoms with Crippen molar-refractivity contribution in [3.8, 4) is 23.0 Å². The molecule has 0 spiro atoms. The molecule has 4 aliphatic heterocycles. The predicted molar refractivity (Wildman–Crippen MR) is 183 cm³/mol. The van der Waals surface area contributed by atoms with E-state index in [1.807, 2.05) is 0 Å². The summed E-state index contributed by atoms with van der Waals surface area (Å²) in [4.78, 5) is 64.0. The molecular weight excluding hydrogens is 760 g/mol. The third-order valence-electron chi connectivity index (χ3n) is 9.28. The summed E-state index contributed by atoms with van der Waals surface area (Å²) in [5.41, 5.74) is 0.641. The first-order valence-corrected chi connectivity index (χ1v) is 17.0. The standard InChI is InChI=1S/2C16H17BN3O7.2Na/c2*21-15(14-18-5-6-19-14)20-7-10(8-20)26-11-2-1-9-3-4-17(24,25)27-13(9)12(11)16(22)23;;/h2*1-2,5-6,10,24-25H,3-4,7-8H2,(H,18,19)(H,22,23);;/q2*-1;2*+1. The van der Waals surface area contributed by atoms with E-state index in [1.165, 1.54) is 34.3 Å². The number of hydrogen-bond acceptors (Lipinski definition) is 14. The van der Waals surface area contributed by atoms with E-state index >= 15 is 0 Å². The molecule has 20 nitrogen and oxygen atoms in total. The molecule has 8 rings (SSSR count). The predicted octanol–water partition coefficient (Wildman–Crippen LogP) is -6.25. The normalized spacial score (nSPS) is 17.6. The fraction of sp³-hybridized carbons (Fsp3) is 0.312. The Morgan fingerprint density at radius 2 is 1.04 bits per heavy atom. The van der Waals surface area contributed by atoms with Crippen LogP contribution in [0.15, 0.2) is 49.1 Å². The van der Waals surface area contributed by atoms with Crippen molar-refractivity contribution < 1.29 is 127 Å². The summed E-state index contributed by atoms with van der Waals surface area (Å²) in [6.07, 6.45) is 5.87. The second-order valence-corrected chi connectivity index (χ2v) is 13.3. The van der Waals surface area contributed by atoms with E-state index in [-0.39, 0.29) is 181 Å². The molecule has 24 heteroatoms. The number of benzene rings is 2. The van der Waals surface area contributed by atoms with Crippen LogP contribution in [0.25, 0.3) is 0 Å². The molecule has 2 aromatic heterocycles. The van der Waals surface area contributed by atoms with Crippen molar-refractivity contribution in [2.75, 3.05) is 26.2 Å². The number of imidazole rings is 2. The SMILES string of the molecule is O=C(O)c1c(OC2CN(C(=O)c3ncc[nH]3)C2)ccc2c1O[B-](O)(O)CC2.O=C(O)c1c(OC2CN(C(=O)c3ncc[nH]3)C2)ccc2c1O[B-](O)(O)CC2.[Na+].[Na+]. The Hall–Kier alpha value is -4.09. The van der Waals surface area contributed by atoms with Crippen LogP contribution < -0.4 is 77.9 Å². The van der Waals surface area contributed by atoms with Crippen molar-refractivity contribution in [3.63, 3.8) is 0 Å². The topological polar surface area (TPSA) is 290 Å². The molecule has 6 heterocycles. The molecule has 56 heavy (non-hydrogen) atoms. The summed E-state index contributed by atoms with van der Waals surface area (Å²) in [5, 5.41) is 58.1. The maximum Gasteiger partial charge on any atom is 1.00 e. The number of carbonyl (C=O) groups excluding carboxylic acids is 2. The van der Waals surface area contributed by atoms with Crippen LogP contribution in [0.2, 0.25) is 12.6 Å². The van der Waals surface area contributed by atoms with Gasteiger partial charge in [0.1, 0.15) is 34.8 Å². The van der Waals surface area contributed by atoms with Crippen molar-refractivity contribution in [3.05, 3.63) is 83.0 Å². The Labute approximate surface area is 361 Å². The molecule has 0 bridgehead atoms. The zero-order chi connectivity index (χ0) is 38.4. The van der Waals surface area contributed by atoms with Crippen LogP contribution >= 0.6 is 0 Å². The van der Waals surface area contributed by atoms with E-state index in [2.05, 4.69) is 19.9 Å².